The van der Waals surface area contributed by atoms with Gasteiger partial charge in [0.05, 0.1) is 5.92 Å². The first-order valence-electron chi connectivity index (χ1n) is 4.85. The highest BCUT2D eigenvalue weighted by molar-refractivity contribution is 5.69. The zero-order valence-corrected chi connectivity index (χ0v) is 8.81. The van der Waals surface area contributed by atoms with E-state index >= 15 is 0 Å². The maximum Gasteiger partial charge on any atom is 0.306 e. The van der Waals surface area contributed by atoms with Crippen molar-refractivity contribution in [3.05, 3.63) is 36.5 Å². The molecule has 14 heavy (non-hydrogen) atoms. The number of hydrogen-bond acceptors (Lipinski definition) is 1. The number of carboxylic acids is 1. The van der Waals surface area contributed by atoms with Gasteiger partial charge < -0.3 is 5.11 Å². The van der Waals surface area contributed by atoms with Crippen LogP contribution in [0.2, 0.25) is 0 Å². The molecule has 1 unspecified atom stereocenters. The van der Waals surface area contributed by atoms with Crippen LogP contribution in [0.25, 0.3) is 0 Å². The van der Waals surface area contributed by atoms with Crippen LogP contribution in [0.15, 0.2) is 36.5 Å². The van der Waals surface area contributed by atoms with E-state index in [1.807, 2.05) is 43.4 Å². The van der Waals surface area contributed by atoms with Gasteiger partial charge in [-0.1, -0.05) is 43.4 Å². The highest BCUT2D eigenvalue weighted by atomic mass is 16.4. The number of rotatable bonds is 6. The van der Waals surface area contributed by atoms with Crippen molar-refractivity contribution < 1.29 is 9.90 Å². The molecule has 0 fully saturated rings. The zero-order valence-electron chi connectivity index (χ0n) is 8.81. The fourth-order valence-electron chi connectivity index (χ4n) is 0.884. The lowest BCUT2D eigenvalue weighted by Gasteiger charge is -2.01. The standard InChI is InChI=1S/C12H18O2/c1-3-4-5-6-7-8-9-10-11(2)12(13)14/h3-8,11H,9-10H2,1-2H3,(H,13,14). The molecule has 1 atom stereocenters. The molecule has 0 aliphatic heterocycles. The molecule has 0 rings (SSSR count). The molecule has 0 aliphatic rings. The summed E-state index contributed by atoms with van der Waals surface area (Å²) in [5, 5.41) is 8.61. The average molecular weight is 194 g/mol. The van der Waals surface area contributed by atoms with Gasteiger partial charge in [0.15, 0.2) is 0 Å². The Kier molecular flexibility index (Phi) is 7.52. The van der Waals surface area contributed by atoms with E-state index < -0.39 is 5.97 Å². The van der Waals surface area contributed by atoms with Crippen LogP contribution < -0.4 is 0 Å². The zero-order chi connectivity index (χ0) is 10.8. The van der Waals surface area contributed by atoms with Gasteiger partial charge in [0.2, 0.25) is 0 Å². The summed E-state index contributed by atoms with van der Waals surface area (Å²) >= 11 is 0. The van der Waals surface area contributed by atoms with Crippen LogP contribution in [0.4, 0.5) is 0 Å². The summed E-state index contributed by atoms with van der Waals surface area (Å²) in [6.07, 6.45) is 13.2. The van der Waals surface area contributed by atoms with Gasteiger partial charge in [-0.05, 0) is 19.8 Å². The Balaban J connectivity index is 3.58. The molecular formula is C12H18O2. The van der Waals surface area contributed by atoms with E-state index in [-0.39, 0.29) is 5.92 Å². The molecule has 0 heterocycles. The third-order valence-electron chi connectivity index (χ3n) is 1.85. The summed E-state index contributed by atoms with van der Waals surface area (Å²) in [6.45, 7) is 3.69. The molecule has 0 aromatic rings. The molecule has 0 amide bonds. The Hall–Kier alpha value is -1.31. The molecule has 0 aromatic carbocycles. The fourth-order valence-corrected chi connectivity index (χ4v) is 0.884. The first-order chi connectivity index (χ1) is 6.68. The summed E-state index contributed by atoms with van der Waals surface area (Å²) in [6, 6.07) is 0. The minimum absolute atomic E-state index is 0.251. The number of carboxylic acid groups (broad SMARTS) is 1. The maximum atomic E-state index is 10.5. The van der Waals surface area contributed by atoms with Gasteiger partial charge in [-0.3, -0.25) is 4.79 Å². The van der Waals surface area contributed by atoms with Gasteiger partial charge in [0.25, 0.3) is 0 Å². The third kappa shape index (κ3) is 7.35. The van der Waals surface area contributed by atoms with Gasteiger partial charge in [0.1, 0.15) is 0 Å². The Bertz CT molecular complexity index is 237. The molecule has 78 valence electrons. The van der Waals surface area contributed by atoms with Crippen LogP contribution in [-0.2, 0) is 4.79 Å². The van der Waals surface area contributed by atoms with Crippen molar-refractivity contribution in [1.82, 2.24) is 0 Å². The summed E-state index contributed by atoms with van der Waals surface area (Å²) < 4.78 is 0. The second kappa shape index (κ2) is 8.30. The SMILES string of the molecule is CC=CC=CC=CCCC(C)C(=O)O. The topological polar surface area (TPSA) is 37.3 Å². The predicted molar refractivity (Wildman–Crippen MR) is 59.1 cm³/mol. The monoisotopic (exact) mass is 194 g/mol. The Morgan fingerprint density at radius 3 is 2.50 bits per heavy atom. The molecule has 0 aliphatic carbocycles. The van der Waals surface area contributed by atoms with E-state index in [0.29, 0.717) is 6.42 Å². The summed E-state index contributed by atoms with van der Waals surface area (Å²) in [4.78, 5) is 10.5. The van der Waals surface area contributed by atoms with Gasteiger partial charge in [-0.2, -0.15) is 0 Å². The van der Waals surface area contributed by atoms with Crippen LogP contribution >= 0.6 is 0 Å². The van der Waals surface area contributed by atoms with Crippen molar-refractivity contribution in [2.45, 2.75) is 26.7 Å². The van der Waals surface area contributed by atoms with Gasteiger partial charge in [-0.15, -0.1) is 0 Å². The minimum atomic E-state index is -0.720. The molecule has 0 radical (unpaired) electrons. The van der Waals surface area contributed by atoms with Crippen LogP contribution in [0, 0.1) is 5.92 Å². The molecule has 0 aromatic heterocycles. The van der Waals surface area contributed by atoms with Crippen LogP contribution in [-0.4, -0.2) is 11.1 Å². The predicted octanol–water partition coefficient (Wildman–Crippen LogP) is 3.18. The highest BCUT2D eigenvalue weighted by Crippen LogP contribution is 2.05. The Morgan fingerprint density at radius 1 is 1.29 bits per heavy atom. The smallest absolute Gasteiger partial charge is 0.306 e. The van der Waals surface area contributed by atoms with Crippen molar-refractivity contribution in [3.63, 3.8) is 0 Å². The van der Waals surface area contributed by atoms with E-state index in [9.17, 15) is 4.79 Å². The number of hydrogen-bond donors (Lipinski definition) is 1. The first-order valence-corrected chi connectivity index (χ1v) is 4.85. The summed E-state index contributed by atoms with van der Waals surface area (Å²) in [5.74, 6) is -0.970. The largest absolute Gasteiger partial charge is 0.481 e. The molecule has 2 heteroatoms. The minimum Gasteiger partial charge on any atom is -0.481 e. The third-order valence-corrected chi connectivity index (χ3v) is 1.85. The van der Waals surface area contributed by atoms with E-state index in [0.717, 1.165) is 6.42 Å². The number of aliphatic carboxylic acids is 1. The van der Waals surface area contributed by atoms with Crippen molar-refractivity contribution in [1.29, 1.82) is 0 Å². The van der Waals surface area contributed by atoms with Crippen molar-refractivity contribution in [2.75, 3.05) is 0 Å². The number of carbonyl (C=O) groups is 1. The van der Waals surface area contributed by atoms with E-state index in [4.69, 9.17) is 5.11 Å². The fraction of sp³-hybridized carbons (Fsp3) is 0.417. The lowest BCUT2D eigenvalue weighted by Crippen LogP contribution is -2.08. The van der Waals surface area contributed by atoms with Crippen LogP contribution in [0.5, 0.6) is 0 Å². The second-order valence-corrected chi connectivity index (χ2v) is 3.16. The molecule has 0 saturated heterocycles. The lowest BCUT2D eigenvalue weighted by molar-refractivity contribution is -0.141. The normalized spacial score (nSPS) is 14.4. The van der Waals surface area contributed by atoms with E-state index in [1.54, 1.807) is 6.92 Å². The lowest BCUT2D eigenvalue weighted by atomic mass is 10.1. The van der Waals surface area contributed by atoms with Crippen LogP contribution in [0.1, 0.15) is 26.7 Å². The molecule has 2 nitrogen and oxygen atoms in total. The van der Waals surface area contributed by atoms with Crippen molar-refractivity contribution in [2.24, 2.45) is 5.92 Å². The van der Waals surface area contributed by atoms with Crippen molar-refractivity contribution >= 4 is 5.97 Å². The quantitative estimate of drug-likeness (QED) is 0.659. The van der Waals surface area contributed by atoms with Crippen molar-refractivity contribution in [3.8, 4) is 0 Å². The Morgan fingerprint density at radius 2 is 1.93 bits per heavy atom. The molecule has 0 saturated carbocycles. The van der Waals surface area contributed by atoms with Gasteiger partial charge in [-0.25, -0.2) is 0 Å². The molecule has 0 spiro atoms. The summed E-state index contributed by atoms with van der Waals surface area (Å²) in [7, 11) is 0. The summed E-state index contributed by atoms with van der Waals surface area (Å²) in [5.41, 5.74) is 0. The van der Waals surface area contributed by atoms with Crippen LogP contribution in [0.3, 0.4) is 0 Å². The maximum absolute atomic E-state index is 10.5. The highest BCUT2D eigenvalue weighted by Gasteiger charge is 2.07. The van der Waals surface area contributed by atoms with E-state index in [1.165, 1.54) is 0 Å². The molecule has 0 bridgehead atoms. The van der Waals surface area contributed by atoms with Gasteiger partial charge in [0, 0.05) is 0 Å². The molecular weight excluding hydrogens is 176 g/mol. The second-order valence-electron chi connectivity index (χ2n) is 3.16. The van der Waals surface area contributed by atoms with Gasteiger partial charge >= 0.3 is 5.97 Å². The number of allylic oxidation sites excluding steroid dienone is 6. The first kappa shape index (κ1) is 12.7. The average Bonchev–Trinajstić information content (AvgIpc) is 2.16. The Labute approximate surface area is 85.6 Å². The molecule has 1 N–H and O–H groups in total. The van der Waals surface area contributed by atoms with E-state index in [2.05, 4.69) is 0 Å².